The molecule has 3 nitrogen and oxygen atoms in total. The molecule has 2 rings (SSSR count). The number of aromatic nitrogens is 1. The molecule has 0 saturated carbocycles. The van der Waals surface area contributed by atoms with E-state index >= 15 is 0 Å². The molecule has 0 aliphatic carbocycles. The summed E-state index contributed by atoms with van der Waals surface area (Å²) in [4.78, 5) is 7.34. The third kappa shape index (κ3) is 4.54. The molecule has 1 unspecified atom stereocenters. The Kier molecular flexibility index (Phi) is 5.58. The zero-order valence-electron chi connectivity index (χ0n) is 13.4. The Morgan fingerprint density at radius 1 is 1.30 bits per heavy atom. The van der Waals surface area contributed by atoms with Crippen LogP contribution in [-0.2, 0) is 12.0 Å². The second-order valence-corrected chi connectivity index (χ2v) is 7.83. The van der Waals surface area contributed by atoms with Gasteiger partial charge in [0.05, 0.1) is 10.7 Å². The second kappa shape index (κ2) is 7.01. The quantitative estimate of drug-likeness (QED) is 0.902. The Bertz CT molecular complexity index is 402. The van der Waals surface area contributed by atoms with Gasteiger partial charge in [0.15, 0.2) is 0 Å². The molecule has 0 bridgehead atoms. The molecular weight excluding hydrogens is 266 g/mol. The predicted molar refractivity (Wildman–Crippen MR) is 87.4 cm³/mol. The van der Waals surface area contributed by atoms with E-state index in [1.165, 1.54) is 43.1 Å². The highest BCUT2D eigenvalue weighted by Gasteiger charge is 2.18. The van der Waals surface area contributed by atoms with Gasteiger partial charge in [-0.3, -0.25) is 4.90 Å². The highest BCUT2D eigenvalue weighted by atomic mass is 32.1. The van der Waals surface area contributed by atoms with Gasteiger partial charge in [-0.1, -0.05) is 27.2 Å². The third-order valence-corrected chi connectivity index (χ3v) is 5.27. The van der Waals surface area contributed by atoms with Crippen LogP contribution in [0.3, 0.4) is 0 Å². The highest BCUT2D eigenvalue weighted by molar-refractivity contribution is 7.09. The summed E-state index contributed by atoms with van der Waals surface area (Å²) in [6, 6.07) is 0.635. The van der Waals surface area contributed by atoms with E-state index in [-0.39, 0.29) is 5.41 Å². The first-order chi connectivity index (χ1) is 9.47. The van der Waals surface area contributed by atoms with E-state index in [9.17, 15) is 0 Å². The van der Waals surface area contributed by atoms with Crippen molar-refractivity contribution < 1.29 is 0 Å². The van der Waals surface area contributed by atoms with Crippen molar-refractivity contribution in [1.82, 2.24) is 15.2 Å². The Morgan fingerprint density at radius 3 is 2.60 bits per heavy atom. The van der Waals surface area contributed by atoms with Gasteiger partial charge in [0, 0.05) is 29.9 Å². The third-order valence-electron chi connectivity index (χ3n) is 3.95. The molecule has 1 N–H and O–H groups in total. The maximum absolute atomic E-state index is 4.73. The van der Waals surface area contributed by atoms with Gasteiger partial charge < -0.3 is 5.32 Å². The Labute approximate surface area is 127 Å². The van der Waals surface area contributed by atoms with Crippen molar-refractivity contribution in [3.63, 3.8) is 0 Å². The van der Waals surface area contributed by atoms with Crippen LogP contribution in [-0.4, -0.2) is 35.6 Å². The van der Waals surface area contributed by atoms with Crippen LogP contribution in [0.25, 0.3) is 0 Å². The van der Waals surface area contributed by atoms with E-state index in [0.717, 1.165) is 13.1 Å². The lowest BCUT2D eigenvalue weighted by atomic mass is 9.98. The molecule has 2 heterocycles. The van der Waals surface area contributed by atoms with Gasteiger partial charge >= 0.3 is 0 Å². The first-order valence-electron chi connectivity index (χ1n) is 7.86. The molecule has 1 aromatic rings. The van der Waals surface area contributed by atoms with E-state index in [4.69, 9.17) is 4.98 Å². The second-order valence-electron chi connectivity index (χ2n) is 6.97. The number of hydrogen-bond acceptors (Lipinski definition) is 4. The standard InChI is InChI=1S/C16H29N3S/c1-13(19-8-6-5-7-9-19)10-17-11-14-12-20-15(18-14)16(2,3)4/h12-13,17H,5-11H2,1-4H3. The molecule has 0 amide bonds. The van der Waals surface area contributed by atoms with E-state index in [2.05, 4.69) is 43.3 Å². The molecule has 20 heavy (non-hydrogen) atoms. The van der Waals surface area contributed by atoms with Crippen LogP contribution in [0.5, 0.6) is 0 Å². The van der Waals surface area contributed by atoms with E-state index in [1.807, 2.05) is 0 Å². The molecule has 0 aromatic carbocycles. The van der Waals surface area contributed by atoms with Crippen LogP contribution in [0, 0.1) is 0 Å². The Balaban J connectivity index is 1.73. The number of piperidine rings is 1. The summed E-state index contributed by atoms with van der Waals surface area (Å²) < 4.78 is 0. The van der Waals surface area contributed by atoms with Crippen molar-refractivity contribution in [1.29, 1.82) is 0 Å². The summed E-state index contributed by atoms with van der Waals surface area (Å²) in [5.74, 6) is 0. The van der Waals surface area contributed by atoms with Gasteiger partial charge in [0.1, 0.15) is 0 Å². The molecule has 4 heteroatoms. The first kappa shape index (κ1) is 15.9. The first-order valence-corrected chi connectivity index (χ1v) is 8.74. The molecule has 1 aliphatic rings. The Morgan fingerprint density at radius 2 is 2.00 bits per heavy atom. The van der Waals surface area contributed by atoms with Gasteiger partial charge in [0.25, 0.3) is 0 Å². The normalized spacial score (nSPS) is 19.2. The van der Waals surface area contributed by atoms with Crippen molar-refractivity contribution in [2.75, 3.05) is 19.6 Å². The fourth-order valence-electron chi connectivity index (χ4n) is 2.63. The minimum Gasteiger partial charge on any atom is -0.310 e. The zero-order valence-corrected chi connectivity index (χ0v) is 14.2. The lowest BCUT2D eigenvalue weighted by molar-refractivity contribution is 0.170. The fourth-order valence-corrected chi connectivity index (χ4v) is 3.54. The van der Waals surface area contributed by atoms with Gasteiger partial charge in [-0.2, -0.15) is 0 Å². The van der Waals surface area contributed by atoms with Crippen LogP contribution in [0.1, 0.15) is 57.7 Å². The number of rotatable bonds is 5. The van der Waals surface area contributed by atoms with Crippen molar-refractivity contribution in [2.45, 2.75) is 65.0 Å². The fraction of sp³-hybridized carbons (Fsp3) is 0.812. The maximum atomic E-state index is 4.73. The van der Waals surface area contributed by atoms with E-state index in [1.54, 1.807) is 11.3 Å². The largest absolute Gasteiger partial charge is 0.310 e. The topological polar surface area (TPSA) is 28.2 Å². The number of nitrogens with one attached hydrogen (secondary N) is 1. The highest BCUT2D eigenvalue weighted by Crippen LogP contribution is 2.25. The number of likely N-dealkylation sites (tertiary alicyclic amines) is 1. The van der Waals surface area contributed by atoms with Crippen LogP contribution in [0.15, 0.2) is 5.38 Å². The SMILES string of the molecule is CC(CNCc1csc(C(C)(C)C)n1)N1CCCCC1. The van der Waals surface area contributed by atoms with Crippen LogP contribution < -0.4 is 5.32 Å². The van der Waals surface area contributed by atoms with Gasteiger partial charge in [0.2, 0.25) is 0 Å². The zero-order chi connectivity index (χ0) is 14.6. The summed E-state index contributed by atoms with van der Waals surface area (Å²) in [7, 11) is 0. The Hall–Kier alpha value is -0.450. The average molecular weight is 295 g/mol. The summed E-state index contributed by atoms with van der Waals surface area (Å²) in [6.45, 7) is 13.5. The van der Waals surface area contributed by atoms with E-state index in [0.29, 0.717) is 6.04 Å². The van der Waals surface area contributed by atoms with Gasteiger partial charge in [-0.25, -0.2) is 4.98 Å². The molecule has 114 valence electrons. The van der Waals surface area contributed by atoms with Crippen molar-refractivity contribution in [3.05, 3.63) is 16.1 Å². The monoisotopic (exact) mass is 295 g/mol. The summed E-state index contributed by atoms with van der Waals surface area (Å²) in [6.07, 6.45) is 4.14. The van der Waals surface area contributed by atoms with Crippen molar-refractivity contribution in [2.24, 2.45) is 0 Å². The lowest BCUT2D eigenvalue weighted by Crippen LogP contribution is -2.43. The molecule has 1 aliphatic heterocycles. The number of nitrogens with zero attached hydrogens (tertiary/aromatic N) is 2. The number of hydrogen-bond donors (Lipinski definition) is 1. The minimum absolute atomic E-state index is 0.171. The predicted octanol–water partition coefficient (Wildman–Crippen LogP) is 3.40. The average Bonchev–Trinajstić information content (AvgIpc) is 2.88. The molecule has 1 atom stereocenters. The molecule has 1 saturated heterocycles. The van der Waals surface area contributed by atoms with Crippen LogP contribution in [0.4, 0.5) is 0 Å². The van der Waals surface area contributed by atoms with E-state index < -0.39 is 0 Å². The summed E-state index contributed by atoms with van der Waals surface area (Å²) in [5.41, 5.74) is 1.36. The molecular formula is C16H29N3S. The lowest BCUT2D eigenvalue weighted by Gasteiger charge is -2.32. The van der Waals surface area contributed by atoms with Crippen LogP contribution >= 0.6 is 11.3 Å². The molecule has 1 aromatic heterocycles. The van der Waals surface area contributed by atoms with Crippen molar-refractivity contribution in [3.8, 4) is 0 Å². The molecule has 1 fully saturated rings. The number of thiazole rings is 1. The van der Waals surface area contributed by atoms with Gasteiger partial charge in [-0.15, -0.1) is 11.3 Å². The van der Waals surface area contributed by atoms with Crippen molar-refractivity contribution >= 4 is 11.3 Å². The molecule has 0 spiro atoms. The minimum atomic E-state index is 0.171. The van der Waals surface area contributed by atoms with Gasteiger partial charge in [-0.05, 0) is 32.9 Å². The summed E-state index contributed by atoms with van der Waals surface area (Å²) in [5, 5.41) is 6.99. The smallest absolute Gasteiger partial charge is 0.0982 e. The summed E-state index contributed by atoms with van der Waals surface area (Å²) >= 11 is 1.78. The molecule has 0 radical (unpaired) electrons. The maximum Gasteiger partial charge on any atom is 0.0982 e. The van der Waals surface area contributed by atoms with Crippen LogP contribution in [0.2, 0.25) is 0 Å².